The molecular weight excluding hydrogens is 224 g/mol. The van der Waals surface area contributed by atoms with E-state index >= 15 is 0 Å². The van der Waals surface area contributed by atoms with Crippen LogP contribution in [0.2, 0.25) is 0 Å². The third-order valence-corrected chi connectivity index (χ3v) is 3.77. The molecular formula is C15H24N2O. The first-order valence-corrected chi connectivity index (χ1v) is 7.08. The number of pyridine rings is 1. The first-order chi connectivity index (χ1) is 8.88. The summed E-state index contributed by atoms with van der Waals surface area (Å²) in [7, 11) is 0. The van der Waals surface area contributed by atoms with Crippen molar-refractivity contribution in [3.8, 4) is 0 Å². The van der Waals surface area contributed by atoms with E-state index in [-0.39, 0.29) is 0 Å². The molecule has 1 aliphatic rings. The van der Waals surface area contributed by atoms with E-state index in [1.165, 1.54) is 24.8 Å². The molecule has 2 heterocycles. The molecule has 0 radical (unpaired) electrons. The third-order valence-electron chi connectivity index (χ3n) is 3.77. The summed E-state index contributed by atoms with van der Waals surface area (Å²) in [5.74, 6) is 0.755. The van der Waals surface area contributed by atoms with Crippen LogP contribution in [0.25, 0.3) is 0 Å². The van der Waals surface area contributed by atoms with Crippen molar-refractivity contribution in [2.24, 2.45) is 5.92 Å². The van der Waals surface area contributed by atoms with Gasteiger partial charge in [-0.25, -0.2) is 0 Å². The van der Waals surface area contributed by atoms with Crippen LogP contribution in [0.1, 0.15) is 31.7 Å². The highest BCUT2D eigenvalue weighted by Gasteiger charge is 2.16. The van der Waals surface area contributed by atoms with Crippen molar-refractivity contribution in [3.05, 3.63) is 30.1 Å². The molecule has 2 atom stereocenters. The normalized spacial score (nSPS) is 21.1. The molecule has 0 amide bonds. The maximum Gasteiger partial charge on any atom is 0.0620 e. The van der Waals surface area contributed by atoms with Crippen LogP contribution in [0.5, 0.6) is 0 Å². The maximum absolute atomic E-state index is 5.38. The molecule has 3 heteroatoms. The Morgan fingerprint density at radius 3 is 3.17 bits per heavy atom. The van der Waals surface area contributed by atoms with Gasteiger partial charge in [0, 0.05) is 25.0 Å². The van der Waals surface area contributed by atoms with Gasteiger partial charge in [-0.3, -0.25) is 4.98 Å². The first kappa shape index (κ1) is 13.5. The summed E-state index contributed by atoms with van der Waals surface area (Å²) in [5.41, 5.74) is 1.35. The average molecular weight is 248 g/mol. The second-order valence-corrected chi connectivity index (χ2v) is 5.14. The minimum absolute atomic E-state index is 0.581. The third kappa shape index (κ3) is 4.39. The van der Waals surface area contributed by atoms with Gasteiger partial charge in [-0.2, -0.15) is 0 Å². The average Bonchev–Trinajstić information content (AvgIpc) is 2.93. The summed E-state index contributed by atoms with van der Waals surface area (Å²) >= 11 is 0. The maximum atomic E-state index is 5.38. The zero-order chi connectivity index (χ0) is 12.6. The van der Waals surface area contributed by atoms with Crippen LogP contribution in [-0.4, -0.2) is 30.8 Å². The number of rotatable bonds is 7. The van der Waals surface area contributed by atoms with Crippen LogP contribution in [0.15, 0.2) is 24.5 Å². The molecule has 100 valence electrons. The van der Waals surface area contributed by atoms with E-state index in [1.807, 2.05) is 18.5 Å². The minimum Gasteiger partial charge on any atom is -0.380 e. The van der Waals surface area contributed by atoms with Crippen molar-refractivity contribution in [2.45, 2.75) is 38.6 Å². The van der Waals surface area contributed by atoms with E-state index in [0.717, 1.165) is 32.1 Å². The van der Waals surface area contributed by atoms with Crippen molar-refractivity contribution >= 4 is 0 Å². The highest BCUT2D eigenvalue weighted by molar-refractivity contribution is 5.08. The van der Waals surface area contributed by atoms with Crippen LogP contribution in [0.3, 0.4) is 0 Å². The van der Waals surface area contributed by atoms with Gasteiger partial charge in [0.1, 0.15) is 0 Å². The predicted octanol–water partition coefficient (Wildman–Crippen LogP) is 2.42. The second-order valence-electron chi connectivity index (χ2n) is 5.14. The van der Waals surface area contributed by atoms with E-state index in [4.69, 9.17) is 4.74 Å². The van der Waals surface area contributed by atoms with Gasteiger partial charge in [-0.15, -0.1) is 0 Å². The number of hydrogen-bond donors (Lipinski definition) is 1. The topological polar surface area (TPSA) is 34.2 Å². The Bertz CT molecular complexity index is 323. The van der Waals surface area contributed by atoms with Gasteiger partial charge in [-0.05, 0) is 43.4 Å². The van der Waals surface area contributed by atoms with Gasteiger partial charge in [0.15, 0.2) is 0 Å². The fourth-order valence-corrected chi connectivity index (χ4v) is 2.40. The molecule has 1 fully saturated rings. The van der Waals surface area contributed by atoms with Crippen LogP contribution < -0.4 is 5.32 Å². The molecule has 1 saturated heterocycles. The van der Waals surface area contributed by atoms with E-state index < -0.39 is 0 Å². The van der Waals surface area contributed by atoms with Gasteiger partial charge < -0.3 is 10.1 Å². The quantitative estimate of drug-likeness (QED) is 0.804. The molecule has 2 rings (SSSR count). The highest BCUT2D eigenvalue weighted by Crippen LogP contribution is 2.13. The molecule has 0 spiro atoms. The molecule has 1 aliphatic heterocycles. The van der Waals surface area contributed by atoms with Gasteiger partial charge in [-0.1, -0.05) is 19.4 Å². The summed E-state index contributed by atoms with van der Waals surface area (Å²) in [6, 6.07) is 4.76. The van der Waals surface area contributed by atoms with Crippen LogP contribution in [-0.2, 0) is 11.2 Å². The Kier molecular flexibility index (Phi) is 5.62. The monoisotopic (exact) mass is 248 g/mol. The van der Waals surface area contributed by atoms with Gasteiger partial charge >= 0.3 is 0 Å². The molecule has 0 saturated carbocycles. The molecule has 18 heavy (non-hydrogen) atoms. The Hall–Kier alpha value is -0.930. The molecule has 1 N–H and O–H groups in total. The number of nitrogens with one attached hydrogen (secondary N) is 1. The number of nitrogens with zero attached hydrogens (tertiary/aromatic N) is 1. The number of aryl methyl sites for hydroxylation is 1. The van der Waals surface area contributed by atoms with Crippen molar-refractivity contribution in [2.75, 3.05) is 19.8 Å². The van der Waals surface area contributed by atoms with Gasteiger partial charge in [0.25, 0.3) is 0 Å². The Labute approximate surface area is 110 Å². The van der Waals surface area contributed by atoms with Crippen LogP contribution in [0, 0.1) is 5.92 Å². The standard InChI is InChI=1S/C15H24N2O/c1-2-13(11-17-15-7-9-18-12-15)5-6-14-4-3-8-16-10-14/h3-4,8,10,13,15,17H,2,5-7,9,11-12H2,1H3. The fourth-order valence-electron chi connectivity index (χ4n) is 2.40. The largest absolute Gasteiger partial charge is 0.380 e. The van der Waals surface area contributed by atoms with E-state index in [0.29, 0.717) is 6.04 Å². The first-order valence-electron chi connectivity index (χ1n) is 7.08. The fraction of sp³-hybridized carbons (Fsp3) is 0.667. The Morgan fingerprint density at radius 2 is 2.50 bits per heavy atom. The van der Waals surface area contributed by atoms with E-state index in [1.54, 1.807) is 0 Å². The number of aromatic nitrogens is 1. The zero-order valence-corrected chi connectivity index (χ0v) is 11.3. The number of hydrogen-bond acceptors (Lipinski definition) is 3. The molecule has 1 aromatic heterocycles. The molecule has 1 aromatic rings. The molecule has 0 aliphatic carbocycles. The summed E-state index contributed by atoms with van der Waals surface area (Å²) in [6.07, 6.45) is 8.59. The molecule has 3 nitrogen and oxygen atoms in total. The highest BCUT2D eigenvalue weighted by atomic mass is 16.5. The summed E-state index contributed by atoms with van der Waals surface area (Å²) in [4.78, 5) is 4.17. The van der Waals surface area contributed by atoms with E-state index in [2.05, 4.69) is 23.3 Å². The van der Waals surface area contributed by atoms with E-state index in [9.17, 15) is 0 Å². The second kappa shape index (κ2) is 7.49. The van der Waals surface area contributed by atoms with Crippen molar-refractivity contribution in [1.29, 1.82) is 0 Å². The molecule has 2 unspecified atom stereocenters. The zero-order valence-electron chi connectivity index (χ0n) is 11.3. The summed E-state index contributed by atoms with van der Waals surface area (Å²) in [6.45, 7) is 5.20. The van der Waals surface area contributed by atoms with Crippen molar-refractivity contribution in [1.82, 2.24) is 10.3 Å². The summed E-state index contributed by atoms with van der Waals surface area (Å²) < 4.78 is 5.38. The lowest BCUT2D eigenvalue weighted by Crippen LogP contribution is -2.33. The van der Waals surface area contributed by atoms with Gasteiger partial charge in [0.05, 0.1) is 6.61 Å². The molecule has 0 bridgehead atoms. The van der Waals surface area contributed by atoms with Gasteiger partial charge in [0.2, 0.25) is 0 Å². The SMILES string of the molecule is CCC(CCc1cccnc1)CNC1CCOC1. The lowest BCUT2D eigenvalue weighted by Gasteiger charge is -2.18. The summed E-state index contributed by atoms with van der Waals surface area (Å²) in [5, 5.41) is 3.63. The van der Waals surface area contributed by atoms with Crippen LogP contribution >= 0.6 is 0 Å². The Morgan fingerprint density at radius 1 is 1.56 bits per heavy atom. The molecule has 0 aromatic carbocycles. The number of ether oxygens (including phenoxy) is 1. The predicted molar refractivity (Wildman–Crippen MR) is 73.6 cm³/mol. The van der Waals surface area contributed by atoms with Crippen molar-refractivity contribution in [3.63, 3.8) is 0 Å². The van der Waals surface area contributed by atoms with Crippen LogP contribution in [0.4, 0.5) is 0 Å². The smallest absolute Gasteiger partial charge is 0.0620 e. The minimum atomic E-state index is 0.581. The lowest BCUT2D eigenvalue weighted by atomic mass is 9.97. The Balaban J connectivity index is 1.68. The lowest BCUT2D eigenvalue weighted by molar-refractivity contribution is 0.189. The van der Waals surface area contributed by atoms with Crippen molar-refractivity contribution < 1.29 is 4.74 Å².